The Morgan fingerprint density at radius 3 is 2.05 bits per heavy atom. The molecule has 0 atom stereocenters. The predicted molar refractivity (Wildman–Crippen MR) is 74.3 cm³/mol. The molecule has 0 bridgehead atoms. The molecule has 116 valence electrons. The molecule has 0 aliphatic heterocycles. The lowest BCUT2D eigenvalue weighted by molar-refractivity contribution is -0.452. The summed E-state index contributed by atoms with van der Waals surface area (Å²) in [6, 6.07) is 6.87. The molecule has 0 spiro atoms. The van der Waals surface area contributed by atoms with Crippen molar-refractivity contribution in [3.8, 4) is 0 Å². The Morgan fingerprint density at radius 2 is 1.57 bits per heavy atom. The molecule has 6 nitrogen and oxygen atoms in total. The van der Waals surface area contributed by atoms with E-state index in [1.54, 1.807) is 26.0 Å². The second-order valence-corrected chi connectivity index (χ2v) is 5.77. The summed E-state index contributed by atoms with van der Waals surface area (Å²) >= 11 is 0. The minimum absolute atomic E-state index is 0.0113. The zero-order chi connectivity index (χ0) is 16.0. The van der Waals surface area contributed by atoms with Gasteiger partial charge in [-0.15, -0.1) is 0 Å². The van der Waals surface area contributed by atoms with Crippen LogP contribution in [0.4, 0.5) is 4.79 Å². The van der Waals surface area contributed by atoms with Crippen LogP contribution in [0.25, 0.3) is 0 Å². The molecule has 0 aliphatic carbocycles. The van der Waals surface area contributed by atoms with Gasteiger partial charge in [-0.05, 0) is 37.0 Å². The third-order valence-corrected chi connectivity index (χ3v) is 2.53. The van der Waals surface area contributed by atoms with Crippen LogP contribution in [0.15, 0.2) is 24.3 Å². The van der Waals surface area contributed by atoms with Gasteiger partial charge in [0.2, 0.25) is 0 Å². The maximum absolute atomic E-state index is 11.6. The van der Waals surface area contributed by atoms with Gasteiger partial charge in [-0.1, -0.05) is 32.9 Å². The molecule has 1 aromatic rings. The Kier molecular flexibility index (Phi) is 5.72. The first kappa shape index (κ1) is 17.0. The highest BCUT2D eigenvalue weighted by atomic mass is 17.5. The fourth-order valence-corrected chi connectivity index (χ4v) is 1.44. The zero-order valence-corrected chi connectivity index (χ0v) is 12.8. The number of hydrogen-bond donors (Lipinski definition) is 0. The lowest BCUT2D eigenvalue weighted by atomic mass is 9.87. The highest BCUT2D eigenvalue weighted by Gasteiger charge is 2.16. The van der Waals surface area contributed by atoms with Gasteiger partial charge >= 0.3 is 12.1 Å². The van der Waals surface area contributed by atoms with E-state index in [0.29, 0.717) is 0 Å². The van der Waals surface area contributed by atoms with Gasteiger partial charge in [0, 0.05) is 0 Å². The maximum Gasteiger partial charge on any atom is 0.543 e. The van der Waals surface area contributed by atoms with Crippen LogP contribution in [0, 0.1) is 0 Å². The molecule has 0 aliphatic rings. The summed E-state index contributed by atoms with van der Waals surface area (Å²) in [7, 11) is 0. The Bertz CT molecular complexity index is 484. The second-order valence-electron chi connectivity index (χ2n) is 5.77. The van der Waals surface area contributed by atoms with E-state index in [4.69, 9.17) is 0 Å². The zero-order valence-electron chi connectivity index (χ0n) is 12.8. The average Bonchev–Trinajstić information content (AvgIpc) is 2.36. The van der Waals surface area contributed by atoms with Crippen LogP contribution in [-0.2, 0) is 25.0 Å². The molecule has 0 saturated carbocycles. The molecule has 1 aromatic carbocycles. The standard InChI is InChI=1S/C15H20O6/c1-10(2)18-14(17)20-21-19-13(16)11-6-8-12(9-7-11)15(3,4)5/h6-10H,1-5H3. The van der Waals surface area contributed by atoms with Gasteiger partial charge in [0.15, 0.2) is 0 Å². The molecule has 1 rings (SSSR count). The van der Waals surface area contributed by atoms with Crippen LogP contribution in [0.5, 0.6) is 0 Å². The normalized spacial score (nSPS) is 11.1. The fraction of sp³-hybridized carbons (Fsp3) is 0.467. The van der Waals surface area contributed by atoms with Crippen LogP contribution in [0.1, 0.15) is 50.5 Å². The Morgan fingerprint density at radius 1 is 1.00 bits per heavy atom. The van der Waals surface area contributed by atoms with Crippen molar-refractivity contribution >= 4 is 12.1 Å². The van der Waals surface area contributed by atoms with E-state index in [0.717, 1.165) is 5.56 Å². The number of carbonyl (C=O) groups is 2. The van der Waals surface area contributed by atoms with Gasteiger partial charge in [0.1, 0.15) is 0 Å². The van der Waals surface area contributed by atoms with Gasteiger partial charge in [-0.25, -0.2) is 14.5 Å². The molecule has 0 heterocycles. The molecule has 0 fully saturated rings. The molecule has 6 heteroatoms. The van der Waals surface area contributed by atoms with E-state index >= 15 is 0 Å². The Hall–Kier alpha value is -2.08. The lowest BCUT2D eigenvalue weighted by Crippen LogP contribution is -2.15. The Labute approximate surface area is 123 Å². The molecule has 0 radical (unpaired) electrons. The first-order valence-corrected chi connectivity index (χ1v) is 6.57. The minimum Gasteiger partial charge on any atom is -0.430 e. The number of hydrogen-bond acceptors (Lipinski definition) is 6. The van der Waals surface area contributed by atoms with Crippen LogP contribution in [0.3, 0.4) is 0 Å². The highest BCUT2D eigenvalue weighted by molar-refractivity contribution is 5.88. The van der Waals surface area contributed by atoms with E-state index in [2.05, 4.69) is 40.3 Å². The van der Waals surface area contributed by atoms with E-state index in [9.17, 15) is 9.59 Å². The van der Waals surface area contributed by atoms with Crippen LogP contribution < -0.4 is 0 Å². The molecule has 0 N–H and O–H groups in total. The summed E-state index contributed by atoms with van der Waals surface area (Å²) in [4.78, 5) is 31.1. The Balaban J connectivity index is 2.48. The number of benzene rings is 1. The van der Waals surface area contributed by atoms with Gasteiger partial charge in [0.25, 0.3) is 0 Å². The fourth-order valence-electron chi connectivity index (χ4n) is 1.44. The van der Waals surface area contributed by atoms with Crippen LogP contribution in [-0.4, -0.2) is 18.2 Å². The molecule has 21 heavy (non-hydrogen) atoms. The third-order valence-electron chi connectivity index (χ3n) is 2.53. The second kappa shape index (κ2) is 7.08. The summed E-state index contributed by atoms with van der Waals surface area (Å²) in [6.07, 6.45) is -1.44. The van der Waals surface area contributed by atoms with Crippen molar-refractivity contribution in [2.75, 3.05) is 0 Å². The van der Waals surface area contributed by atoms with Crippen molar-refractivity contribution < 1.29 is 29.1 Å². The largest absolute Gasteiger partial charge is 0.543 e. The average molecular weight is 296 g/mol. The van der Waals surface area contributed by atoms with Gasteiger partial charge in [0.05, 0.1) is 16.7 Å². The summed E-state index contributed by atoms with van der Waals surface area (Å²) in [5, 5.41) is 4.09. The van der Waals surface area contributed by atoms with Gasteiger partial charge in [-0.3, -0.25) is 4.89 Å². The van der Waals surface area contributed by atoms with Crippen molar-refractivity contribution in [2.45, 2.75) is 46.1 Å². The molecule has 0 aromatic heterocycles. The minimum atomic E-state index is -1.08. The van der Waals surface area contributed by atoms with Crippen molar-refractivity contribution in [1.82, 2.24) is 0 Å². The summed E-state index contributed by atoms with van der Waals surface area (Å²) in [5.74, 6) is -0.771. The smallest absolute Gasteiger partial charge is 0.430 e. The first-order valence-electron chi connectivity index (χ1n) is 6.57. The topological polar surface area (TPSA) is 71.1 Å². The summed E-state index contributed by atoms with van der Waals surface area (Å²) in [6.45, 7) is 9.49. The van der Waals surface area contributed by atoms with Crippen LogP contribution in [0.2, 0.25) is 0 Å². The third kappa shape index (κ3) is 5.83. The quantitative estimate of drug-likeness (QED) is 0.480. The highest BCUT2D eigenvalue weighted by Crippen LogP contribution is 2.22. The number of carbonyl (C=O) groups excluding carboxylic acids is 2. The molecule has 0 saturated heterocycles. The van der Waals surface area contributed by atoms with Gasteiger partial charge in [-0.2, -0.15) is 0 Å². The first-order chi connectivity index (χ1) is 9.70. The number of ether oxygens (including phenoxy) is 1. The van der Waals surface area contributed by atoms with E-state index in [1.807, 2.05) is 12.1 Å². The summed E-state index contributed by atoms with van der Waals surface area (Å²) in [5.41, 5.74) is 1.35. The van der Waals surface area contributed by atoms with E-state index < -0.39 is 12.1 Å². The van der Waals surface area contributed by atoms with E-state index in [-0.39, 0.29) is 17.1 Å². The number of rotatable bonds is 4. The van der Waals surface area contributed by atoms with Crippen molar-refractivity contribution in [2.24, 2.45) is 0 Å². The van der Waals surface area contributed by atoms with E-state index in [1.165, 1.54) is 0 Å². The summed E-state index contributed by atoms with van der Waals surface area (Å²) < 4.78 is 4.61. The molecule has 0 amide bonds. The molecular formula is C15H20O6. The van der Waals surface area contributed by atoms with Crippen molar-refractivity contribution in [3.05, 3.63) is 35.4 Å². The maximum atomic E-state index is 11.6. The lowest BCUT2D eigenvalue weighted by Gasteiger charge is -2.18. The monoisotopic (exact) mass is 296 g/mol. The van der Waals surface area contributed by atoms with Crippen molar-refractivity contribution in [3.63, 3.8) is 0 Å². The molecular weight excluding hydrogens is 276 g/mol. The van der Waals surface area contributed by atoms with Crippen molar-refractivity contribution in [1.29, 1.82) is 0 Å². The van der Waals surface area contributed by atoms with Gasteiger partial charge < -0.3 is 4.74 Å². The predicted octanol–water partition coefficient (Wildman–Crippen LogP) is 3.55. The SMILES string of the molecule is CC(C)OC(=O)OOOC(=O)c1ccc(C(C)(C)C)cc1. The molecule has 0 unspecified atom stereocenters. The van der Waals surface area contributed by atoms with Crippen LogP contribution >= 0.6 is 0 Å².